The molecule has 27 heavy (non-hydrogen) atoms. The summed E-state index contributed by atoms with van der Waals surface area (Å²) in [6.45, 7) is 17.6. The first-order valence-corrected chi connectivity index (χ1v) is 10.1. The standard InChI is InChI=1S/C21H39NO5/c1-15(2)26-17-13-20(5,6)22(21(7,8)14-17)11-12-25-18(23)9-10-19(24)27-16(3)4/h15-17H,9-14H2,1-8H3. The van der Waals surface area contributed by atoms with Crippen LogP contribution in [-0.4, -0.2) is 59.4 Å². The molecule has 0 amide bonds. The Morgan fingerprint density at radius 3 is 1.93 bits per heavy atom. The quantitative estimate of drug-likeness (QED) is 0.564. The lowest BCUT2D eigenvalue weighted by Crippen LogP contribution is -2.63. The van der Waals surface area contributed by atoms with Gasteiger partial charge >= 0.3 is 11.9 Å². The van der Waals surface area contributed by atoms with E-state index in [2.05, 4.69) is 46.4 Å². The molecule has 0 saturated carbocycles. The van der Waals surface area contributed by atoms with E-state index in [1.165, 1.54) is 0 Å². The summed E-state index contributed by atoms with van der Waals surface area (Å²) in [6.07, 6.45) is 2.31. The van der Waals surface area contributed by atoms with E-state index in [1.807, 2.05) is 0 Å². The molecule has 0 aliphatic carbocycles. The van der Waals surface area contributed by atoms with Crippen LogP contribution in [-0.2, 0) is 23.8 Å². The number of carbonyl (C=O) groups is 2. The number of piperidine rings is 1. The summed E-state index contributed by atoms with van der Waals surface area (Å²) in [4.78, 5) is 25.8. The van der Waals surface area contributed by atoms with E-state index < -0.39 is 0 Å². The van der Waals surface area contributed by atoms with Crippen LogP contribution in [0, 0.1) is 0 Å². The van der Waals surface area contributed by atoms with Gasteiger partial charge in [-0.15, -0.1) is 0 Å². The third-order valence-electron chi connectivity index (χ3n) is 4.86. The number of rotatable bonds is 9. The maximum Gasteiger partial charge on any atom is 0.306 e. The predicted octanol–water partition coefficient (Wildman–Crippen LogP) is 3.71. The van der Waals surface area contributed by atoms with E-state index >= 15 is 0 Å². The summed E-state index contributed by atoms with van der Waals surface area (Å²) in [5.74, 6) is -0.721. The van der Waals surface area contributed by atoms with Crippen LogP contribution in [0.25, 0.3) is 0 Å². The second kappa shape index (κ2) is 9.87. The molecule has 1 fully saturated rings. The van der Waals surface area contributed by atoms with Gasteiger partial charge in [-0.3, -0.25) is 14.5 Å². The van der Waals surface area contributed by atoms with Crippen molar-refractivity contribution in [1.29, 1.82) is 0 Å². The zero-order valence-electron chi connectivity index (χ0n) is 18.5. The van der Waals surface area contributed by atoms with E-state index in [0.717, 1.165) is 12.8 Å². The van der Waals surface area contributed by atoms with Gasteiger partial charge in [0.05, 0.1) is 31.2 Å². The lowest BCUT2D eigenvalue weighted by Gasteiger charge is -2.55. The van der Waals surface area contributed by atoms with Crippen molar-refractivity contribution in [3.8, 4) is 0 Å². The molecular formula is C21H39NO5. The molecule has 6 nitrogen and oxygen atoms in total. The summed E-state index contributed by atoms with van der Waals surface area (Å²) in [5, 5.41) is 0. The Balaban J connectivity index is 2.48. The normalized spacial score (nSPS) is 20.1. The molecule has 0 aromatic heterocycles. The Hall–Kier alpha value is -1.14. The fourth-order valence-electron chi connectivity index (χ4n) is 4.16. The molecule has 0 atom stereocenters. The molecule has 0 bridgehead atoms. The molecule has 1 saturated heterocycles. The zero-order chi connectivity index (χ0) is 20.8. The first-order valence-electron chi connectivity index (χ1n) is 10.1. The van der Waals surface area contributed by atoms with Crippen molar-refractivity contribution in [3.63, 3.8) is 0 Å². The molecule has 1 heterocycles. The van der Waals surface area contributed by atoms with Gasteiger partial charge in [0.1, 0.15) is 6.61 Å². The lowest BCUT2D eigenvalue weighted by molar-refractivity contribution is -0.154. The fourth-order valence-corrected chi connectivity index (χ4v) is 4.16. The smallest absolute Gasteiger partial charge is 0.306 e. The minimum Gasteiger partial charge on any atom is -0.464 e. The Bertz CT molecular complexity index is 481. The highest BCUT2D eigenvalue weighted by molar-refractivity contribution is 5.77. The zero-order valence-corrected chi connectivity index (χ0v) is 18.5. The largest absolute Gasteiger partial charge is 0.464 e. The molecule has 0 radical (unpaired) electrons. The van der Waals surface area contributed by atoms with Crippen LogP contribution in [0.15, 0.2) is 0 Å². The minimum absolute atomic E-state index is 0.0468. The highest BCUT2D eigenvalue weighted by atomic mass is 16.5. The average Bonchev–Trinajstić information content (AvgIpc) is 2.45. The highest BCUT2D eigenvalue weighted by Gasteiger charge is 2.45. The summed E-state index contributed by atoms with van der Waals surface area (Å²) < 4.78 is 16.5. The van der Waals surface area contributed by atoms with Crippen molar-refractivity contribution in [3.05, 3.63) is 0 Å². The Kier molecular flexibility index (Phi) is 8.74. The molecule has 0 unspecified atom stereocenters. The van der Waals surface area contributed by atoms with Crippen LogP contribution >= 0.6 is 0 Å². The number of nitrogens with zero attached hydrogens (tertiary/aromatic N) is 1. The first-order chi connectivity index (χ1) is 12.3. The Labute approximate surface area is 164 Å². The molecule has 1 rings (SSSR count). The third-order valence-corrected chi connectivity index (χ3v) is 4.86. The van der Waals surface area contributed by atoms with Gasteiger partial charge in [-0.05, 0) is 68.2 Å². The van der Waals surface area contributed by atoms with Gasteiger partial charge in [-0.2, -0.15) is 0 Å². The SMILES string of the molecule is CC(C)OC(=O)CCC(=O)OCCN1C(C)(C)CC(OC(C)C)CC1(C)C. The van der Waals surface area contributed by atoms with Gasteiger partial charge in [0.25, 0.3) is 0 Å². The van der Waals surface area contributed by atoms with Crippen molar-refractivity contribution in [2.45, 2.75) is 110 Å². The van der Waals surface area contributed by atoms with E-state index in [1.54, 1.807) is 13.8 Å². The van der Waals surface area contributed by atoms with Crippen molar-refractivity contribution >= 4 is 11.9 Å². The Morgan fingerprint density at radius 2 is 1.44 bits per heavy atom. The van der Waals surface area contributed by atoms with Crippen molar-refractivity contribution in [2.24, 2.45) is 0 Å². The minimum atomic E-state index is -0.364. The van der Waals surface area contributed by atoms with E-state index in [9.17, 15) is 9.59 Å². The molecule has 0 aromatic carbocycles. The first kappa shape index (κ1) is 23.9. The van der Waals surface area contributed by atoms with Crippen LogP contribution in [0.3, 0.4) is 0 Å². The highest BCUT2D eigenvalue weighted by Crippen LogP contribution is 2.39. The lowest BCUT2D eigenvalue weighted by atomic mass is 9.78. The molecule has 0 N–H and O–H groups in total. The maximum absolute atomic E-state index is 11.9. The van der Waals surface area contributed by atoms with Crippen LogP contribution in [0.5, 0.6) is 0 Å². The van der Waals surface area contributed by atoms with Crippen molar-refractivity contribution in [2.75, 3.05) is 13.2 Å². The Morgan fingerprint density at radius 1 is 0.926 bits per heavy atom. The van der Waals surface area contributed by atoms with Gasteiger partial charge in [0, 0.05) is 17.6 Å². The summed E-state index contributed by atoms with van der Waals surface area (Å²) in [5.41, 5.74) is -0.0937. The number of carbonyl (C=O) groups excluding carboxylic acids is 2. The van der Waals surface area contributed by atoms with Crippen molar-refractivity contribution in [1.82, 2.24) is 4.90 Å². The predicted molar refractivity (Wildman–Crippen MR) is 106 cm³/mol. The van der Waals surface area contributed by atoms with Gasteiger partial charge < -0.3 is 14.2 Å². The second-order valence-electron chi connectivity index (χ2n) is 9.25. The maximum atomic E-state index is 11.9. The molecule has 0 aromatic rings. The third kappa shape index (κ3) is 8.18. The fraction of sp³-hybridized carbons (Fsp3) is 0.905. The summed E-state index contributed by atoms with van der Waals surface area (Å²) >= 11 is 0. The van der Waals surface area contributed by atoms with Crippen LogP contribution < -0.4 is 0 Å². The topological polar surface area (TPSA) is 65.1 Å². The molecule has 6 heteroatoms. The molecule has 158 valence electrons. The molecule has 1 aliphatic rings. The number of ether oxygens (including phenoxy) is 3. The van der Waals surface area contributed by atoms with E-state index in [0.29, 0.717) is 13.2 Å². The van der Waals surface area contributed by atoms with Gasteiger partial charge in [0.2, 0.25) is 0 Å². The molecule has 1 aliphatic heterocycles. The monoisotopic (exact) mass is 385 g/mol. The van der Waals surface area contributed by atoms with Crippen LogP contribution in [0.2, 0.25) is 0 Å². The summed E-state index contributed by atoms with van der Waals surface area (Å²) in [7, 11) is 0. The molecule has 0 spiro atoms. The molecular weight excluding hydrogens is 346 g/mol. The van der Waals surface area contributed by atoms with Crippen molar-refractivity contribution < 1.29 is 23.8 Å². The number of likely N-dealkylation sites (tertiary alicyclic amines) is 1. The number of hydrogen-bond donors (Lipinski definition) is 0. The van der Waals surface area contributed by atoms with Crippen LogP contribution in [0.4, 0.5) is 0 Å². The average molecular weight is 386 g/mol. The van der Waals surface area contributed by atoms with Crippen LogP contribution in [0.1, 0.15) is 81.1 Å². The van der Waals surface area contributed by atoms with Gasteiger partial charge in [-0.1, -0.05) is 0 Å². The van der Waals surface area contributed by atoms with Gasteiger partial charge in [-0.25, -0.2) is 0 Å². The van der Waals surface area contributed by atoms with Gasteiger partial charge in [0.15, 0.2) is 0 Å². The van der Waals surface area contributed by atoms with E-state index in [4.69, 9.17) is 14.2 Å². The second-order valence-corrected chi connectivity index (χ2v) is 9.25. The number of hydrogen-bond acceptors (Lipinski definition) is 6. The summed E-state index contributed by atoms with van der Waals surface area (Å²) in [6, 6.07) is 0. The number of esters is 2. The van der Waals surface area contributed by atoms with E-state index in [-0.39, 0.29) is 54.2 Å².